The zero-order valence-corrected chi connectivity index (χ0v) is 22.8. The number of nitrogens with zero attached hydrogens (tertiary/aromatic N) is 1. The van der Waals surface area contributed by atoms with E-state index in [1.54, 1.807) is 21.1 Å². The number of hydrogen-bond acceptors (Lipinski definition) is 7. The van der Waals surface area contributed by atoms with Crippen molar-refractivity contribution in [3.63, 3.8) is 0 Å². The van der Waals surface area contributed by atoms with Crippen LogP contribution in [0.15, 0.2) is 78.9 Å². The molecule has 9 heteroatoms. The first-order valence-electron chi connectivity index (χ1n) is 13.3. The topological polar surface area (TPSA) is 107 Å². The van der Waals surface area contributed by atoms with Crippen molar-refractivity contribution >= 4 is 11.9 Å². The summed E-state index contributed by atoms with van der Waals surface area (Å²) in [6.45, 7) is 2.01. The molecule has 2 aliphatic rings. The number of amides is 3. The van der Waals surface area contributed by atoms with E-state index in [0.717, 1.165) is 16.7 Å². The Morgan fingerprint density at radius 2 is 1.45 bits per heavy atom. The molecular formula is C31H34N2O7. The van der Waals surface area contributed by atoms with Gasteiger partial charge in [0.15, 0.2) is 0 Å². The van der Waals surface area contributed by atoms with Crippen LogP contribution < -0.4 is 14.8 Å². The summed E-state index contributed by atoms with van der Waals surface area (Å²) in [7, 11) is 3.24. The van der Waals surface area contributed by atoms with Crippen LogP contribution in [0.25, 0.3) is 0 Å². The Hall–Kier alpha value is -3.92. The van der Waals surface area contributed by atoms with Crippen LogP contribution in [0, 0.1) is 5.92 Å². The highest BCUT2D eigenvalue weighted by atomic mass is 16.6. The van der Waals surface area contributed by atoms with Crippen molar-refractivity contribution in [3.05, 3.63) is 95.6 Å². The van der Waals surface area contributed by atoms with Crippen LogP contribution in [0.5, 0.6) is 11.5 Å². The summed E-state index contributed by atoms with van der Waals surface area (Å²) in [6, 6.07) is 24.7. The normalized spacial score (nSPS) is 23.1. The van der Waals surface area contributed by atoms with Gasteiger partial charge in [0.25, 0.3) is 0 Å². The summed E-state index contributed by atoms with van der Waals surface area (Å²) in [4.78, 5) is 25.9. The highest BCUT2D eigenvalue weighted by Crippen LogP contribution is 2.42. The molecule has 0 aromatic heterocycles. The molecule has 5 rings (SSSR count). The lowest BCUT2D eigenvalue weighted by atomic mass is 9.80. The van der Waals surface area contributed by atoms with Gasteiger partial charge in [-0.05, 0) is 41.0 Å². The highest BCUT2D eigenvalue weighted by Gasteiger charge is 2.45. The number of rotatable bonds is 9. The van der Waals surface area contributed by atoms with Gasteiger partial charge in [0, 0.05) is 13.0 Å². The zero-order valence-electron chi connectivity index (χ0n) is 22.8. The molecule has 2 N–H and O–H groups in total. The monoisotopic (exact) mass is 546 g/mol. The van der Waals surface area contributed by atoms with E-state index in [0.29, 0.717) is 11.5 Å². The summed E-state index contributed by atoms with van der Waals surface area (Å²) in [5, 5.41) is 13.3. The Morgan fingerprint density at radius 1 is 0.900 bits per heavy atom. The van der Waals surface area contributed by atoms with Crippen LogP contribution in [0.1, 0.15) is 30.0 Å². The molecule has 0 saturated carbocycles. The van der Waals surface area contributed by atoms with E-state index in [-0.39, 0.29) is 31.4 Å². The number of carbonyl (C=O) groups excluding carboxylic acids is 2. The van der Waals surface area contributed by atoms with Gasteiger partial charge in [-0.1, -0.05) is 61.5 Å². The molecule has 4 atom stereocenters. The maximum atomic E-state index is 12.5. The van der Waals surface area contributed by atoms with Crippen molar-refractivity contribution in [2.45, 2.75) is 37.4 Å². The largest absolute Gasteiger partial charge is 0.497 e. The number of aliphatic hydroxyl groups is 1. The van der Waals surface area contributed by atoms with Gasteiger partial charge in [-0.3, -0.25) is 15.0 Å². The molecule has 2 unspecified atom stereocenters. The standard InChI is InChI=1S/C31H34N2O7/c1-20-18-33(30(36)32-29(20)35)28-17-26(34)27(40-28)19-39-31(21-7-5-4-6-8-21,22-9-13-24(37-2)14-10-22)23-11-15-25(38-3)16-12-23/h4-16,20,26-28,34H,17-19H2,1-3H3,(H,32,35,36)/t20?,26?,27-,28-/m0/s1. The van der Waals surface area contributed by atoms with Gasteiger partial charge in [-0.15, -0.1) is 0 Å². The smallest absolute Gasteiger partial charge is 0.326 e. The van der Waals surface area contributed by atoms with E-state index in [1.807, 2.05) is 78.9 Å². The lowest BCUT2D eigenvalue weighted by Gasteiger charge is -2.37. The Kier molecular flexibility index (Phi) is 8.07. The Balaban J connectivity index is 1.49. The first-order valence-corrected chi connectivity index (χ1v) is 13.3. The van der Waals surface area contributed by atoms with Crippen molar-refractivity contribution < 1.29 is 33.6 Å². The molecule has 3 amide bonds. The number of methoxy groups -OCH3 is 2. The Morgan fingerprint density at radius 3 is 2.00 bits per heavy atom. The average molecular weight is 547 g/mol. The van der Waals surface area contributed by atoms with E-state index in [4.69, 9.17) is 18.9 Å². The van der Waals surface area contributed by atoms with Gasteiger partial charge in [0.05, 0.1) is 32.8 Å². The highest BCUT2D eigenvalue weighted by molar-refractivity contribution is 5.97. The van der Waals surface area contributed by atoms with Crippen molar-refractivity contribution in [1.82, 2.24) is 10.2 Å². The van der Waals surface area contributed by atoms with Crippen LogP contribution in [0.4, 0.5) is 4.79 Å². The van der Waals surface area contributed by atoms with E-state index < -0.39 is 30.1 Å². The number of ether oxygens (including phenoxy) is 4. The fourth-order valence-corrected chi connectivity index (χ4v) is 5.35. The molecule has 2 heterocycles. The third-order valence-corrected chi connectivity index (χ3v) is 7.60. The molecule has 2 saturated heterocycles. The SMILES string of the molecule is COc1ccc(C(OC[C@@H]2O[C@H](N3CC(C)C(=O)NC3=O)CC2O)(c2ccccc2)c2ccc(OC)cc2)cc1. The summed E-state index contributed by atoms with van der Waals surface area (Å²) >= 11 is 0. The van der Waals surface area contributed by atoms with Crippen molar-refractivity contribution in [2.75, 3.05) is 27.4 Å². The molecule has 9 nitrogen and oxygen atoms in total. The van der Waals surface area contributed by atoms with Crippen LogP contribution in [0.3, 0.4) is 0 Å². The van der Waals surface area contributed by atoms with E-state index in [9.17, 15) is 14.7 Å². The van der Waals surface area contributed by atoms with Gasteiger partial charge in [-0.25, -0.2) is 4.79 Å². The third-order valence-electron chi connectivity index (χ3n) is 7.60. The van der Waals surface area contributed by atoms with Gasteiger partial charge in [0.2, 0.25) is 5.91 Å². The second-order valence-electron chi connectivity index (χ2n) is 10.1. The summed E-state index contributed by atoms with van der Waals surface area (Å²) in [5.74, 6) is 0.742. The number of hydrogen-bond donors (Lipinski definition) is 2. The van der Waals surface area contributed by atoms with Gasteiger partial charge in [0.1, 0.15) is 29.4 Å². The van der Waals surface area contributed by atoms with Crippen LogP contribution >= 0.6 is 0 Å². The van der Waals surface area contributed by atoms with Gasteiger partial charge >= 0.3 is 6.03 Å². The zero-order chi connectivity index (χ0) is 28.3. The Labute approximate surface area is 233 Å². The maximum Gasteiger partial charge on any atom is 0.326 e. The number of nitrogens with one attached hydrogen (secondary N) is 1. The number of urea groups is 1. The van der Waals surface area contributed by atoms with Gasteiger partial charge in [-0.2, -0.15) is 0 Å². The lowest BCUT2D eigenvalue weighted by molar-refractivity contribution is -0.130. The molecule has 40 heavy (non-hydrogen) atoms. The fraction of sp³-hybridized carbons (Fsp3) is 0.355. The summed E-state index contributed by atoms with van der Waals surface area (Å²) in [5.41, 5.74) is 1.54. The van der Waals surface area contributed by atoms with Crippen LogP contribution in [-0.2, 0) is 19.9 Å². The van der Waals surface area contributed by atoms with E-state index >= 15 is 0 Å². The minimum absolute atomic E-state index is 0.0363. The summed E-state index contributed by atoms with van der Waals surface area (Å²) in [6.07, 6.45) is -2.03. The predicted octanol–water partition coefficient (Wildman–Crippen LogP) is 3.68. The number of aliphatic hydroxyl groups excluding tert-OH is 1. The van der Waals surface area contributed by atoms with Gasteiger partial charge < -0.3 is 24.1 Å². The second-order valence-corrected chi connectivity index (χ2v) is 10.1. The van der Waals surface area contributed by atoms with E-state index in [1.165, 1.54) is 4.90 Å². The molecule has 2 aliphatic heterocycles. The maximum absolute atomic E-state index is 12.5. The molecule has 0 aliphatic carbocycles. The van der Waals surface area contributed by atoms with Crippen LogP contribution in [-0.4, -0.2) is 67.8 Å². The second kappa shape index (κ2) is 11.7. The first-order chi connectivity index (χ1) is 19.3. The van der Waals surface area contributed by atoms with Crippen molar-refractivity contribution in [1.29, 1.82) is 0 Å². The number of imide groups is 1. The molecule has 3 aromatic rings. The molecule has 0 radical (unpaired) electrons. The quantitative estimate of drug-likeness (QED) is 0.395. The fourth-order valence-electron chi connectivity index (χ4n) is 5.35. The summed E-state index contributed by atoms with van der Waals surface area (Å²) < 4.78 is 23.8. The Bertz CT molecular complexity index is 1270. The van der Waals surface area contributed by atoms with Crippen molar-refractivity contribution in [2.24, 2.45) is 5.92 Å². The third kappa shape index (κ3) is 5.28. The molecule has 2 fully saturated rings. The molecular weight excluding hydrogens is 512 g/mol. The molecule has 0 spiro atoms. The molecule has 3 aromatic carbocycles. The van der Waals surface area contributed by atoms with Crippen molar-refractivity contribution in [3.8, 4) is 11.5 Å². The number of benzene rings is 3. The predicted molar refractivity (Wildman–Crippen MR) is 147 cm³/mol. The van der Waals surface area contributed by atoms with E-state index in [2.05, 4.69) is 5.32 Å². The number of carbonyl (C=O) groups is 2. The minimum Gasteiger partial charge on any atom is -0.497 e. The molecule has 0 bridgehead atoms. The molecule has 210 valence electrons. The first kappa shape index (κ1) is 27.6. The lowest BCUT2D eigenvalue weighted by Crippen LogP contribution is -2.57. The van der Waals surface area contributed by atoms with Crippen LogP contribution in [0.2, 0.25) is 0 Å². The average Bonchev–Trinajstić information content (AvgIpc) is 3.36. The minimum atomic E-state index is -1.07.